The highest BCUT2D eigenvalue weighted by Gasteiger charge is 2.35. The van der Waals surface area contributed by atoms with Crippen LogP contribution in [-0.2, 0) is 14.3 Å². The Balaban J connectivity index is 2.47. The number of ether oxygens (including phenoxy) is 1. The minimum Gasteiger partial charge on any atom is -0.481 e. The molecule has 0 amide bonds. The Morgan fingerprint density at radius 2 is 2.16 bits per heavy atom. The molecule has 0 aromatic rings. The summed E-state index contributed by atoms with van der Waals surface area (Å²) in [5, 5.41) is 9.33. The van der Waals surface area contributed by atoms with Gasteiger partial charge in [-0.05, 0) is 50.4 Å². The van der Waals surface area contributed by atoms with Gasteiger partial charge >= 0.3 is 11.9 Å². The molecule has 1 fully saturated rings. The van der Waals surface area contributed by atoms with Crippen LogP contribution in [0, 0.1) is 17.8 Å². The Labute approximate surface area is 114 Å². The average molecular weight is 268 g/mol. The van der Waals surface area contributed by atoms with E-state index in [9.17, 15) is 14.7 Å². The summed E-state index contributed by atoms with van der Waals surface area (Å²) in [7, 11) is 0. The molecule has 0 saturated heterocycles. The van der Waals surface area contributed by atoms with E-state index in [0.717, 1.165) is 32.1 Å². The van der Waals surface area contributed by atoms with Crippen molar-refractivity contribution in [2.75, 3.05) is 6.61 Å². The van der Waals surface area contributed by atoms with Crippen LogP contribution in [0.15, 0.2) is 12.7 Å². The summed E-state index contributed by atoms with van der Waals surface area (Å²) < 4.78 is 5.00. The number of carboxylic acids is 1. The lowest BCUT2D eigenvalue weighted by Gasteiger charge is -2.33. The highest BCUT2D eigenvalue weighted by molar-refractivity contribution is 5.70. The first-order chi connectivity index (χ1) is 9.04. The number of esters is 1. The Hall–Kier alpha value is -1.32. The Morgan fingerprint density at radius 1 is 1.42 bits per heavy atom. The summed E-state index contributed by atoms with van der Waals surface area (Å²) in [4.78, 5) is 22.1. The fraction of sp³-hybridized carbons (Fsp3) is 0.733. The molecule has 1 aliphatic carbocycles. The van der Waals surface area contributed by atoms with Crippen LogP contribution in [0.3, 0.4) is 0 Å². The van der Waals surface area contributed by atoms with Gasteiger partial charge in [0.2, 0.25) is 0 Å². The van der Waals surface area contributed by atoms with Crippen molar-refractivity contribution in [2.45, 2.75) is 45.4 Å². The Kier molecular flexibility index (Phi) is 6.60. The van der Waals surface area contributed by atoms with Crippen LogP contribution in [-0.4, -0.2) is 23.7 Å². The zero-order chi connectivity index (χ0) is 14.3. The SMILES string of the molecule is C=CCCCC1CCC(COC(C)=O)CC1C(=O)O. The summed E-state index contributed by atoms with van der Waals surface area (Å²) in [5.74, 6) is -0.845. The number of carboxylic acid groups (broad SMARTS) is 1. The van der Waals surface area contributed by atoms with E-state index in [2.05, 4.69) is 6.58 Å². The molecule has 108 valence electrons. The fourth-order valence-electron chi connectivity index (χ4n) is 2.88. The lowest BCUT2D eigenvalue weighted by atomic mass is 9.72. The first kappa shape index (κ1) is 15.7. The number of hydrogen-bond acceptors (Lipinski definition) is 3. The van der Waals surface area contributed by atoms with Crippen LogP contribution in [0.4, 0.5) is 0 Å². The first-order valence-corrected chi connectivity index (χ1v) is 7.01. The number of allylic oxidation sites excluding steroid dienone is 1. The van der Waals surface area contributed by atoms with E-state index >= 15 is 0 Å². The van der Waals surface area contributed by atoms with Crippen molar-refractivity contribution in [3.05, 3.63) is 12.7 Å². The quantitative estimate of drug-likeness (QED) is 0.438. The van der Waals surface area contributed by atoms with Crippen LogP contribution in [0.5, 0.6) is 0 Å². The van der Waals surface area contributed by atoms with Crippen molar-refractivity contribution in [2.24, 2.45) is 17.8 Å². The zero-order valence-electron chi connectivity index (χ0n) is 11.6. The maximum absolute atomic E-state index is 11.4. The summed E-state index contributed by atoms with van der Waals surface area (Å²) in [6.07, 6.45) is 7.27. The largest absolute Gasteiger partial charge is 0.481 e. The smallest absolute Gasteiger partial charge is 0.306 e. The summed E-state index contributed by atoms with van der Waals surface area (Å²) in [6, 6.07) is 0. The van der Waals surface area contributed by atoms with E-state index < -0.39 is 5.97 Å². The van der Waals surface area contributed by atoms with Crippen molar-refractivity contribution < 1.29 is 19.4 Å². The van der Waals surface area contributed by atoms with Crippen molar-refractivity contribution in [1.82, 2.24) is 0 Å². The van der Waals surface area contributed by atoms with Gasteiger partial charge in [-0.1, -0.05) is 6.08 Å². The number of unbranched alkanes of at least 4 members (excludes halogenated alkanes) is 1. The van der Waals surface area contributed by atoms with E-state index in [1.54, 1.807) is 0 Å². The third-order valence-corrected chi connectivity index (χ3v) is 3.92. The zero-order valence-corrected chi connectivity index (χ0v) is 11.6. The fourth-order valence-corrected chi connectivity index (χ4v) is 2.88. The molecule has 0 radical (unpaired) electrons. The molecular weight excluding hydrogens is 244 g/mol. The molecule has 4 heteroatoms. The van der Waals surface area contributed by atoms with Crippen molar-refractivity contribution in [3.63, 3.8) is 0 Å². The predicted molar refractivity (Wildman–Crippen MR) is 72.6 cm³/mol. The predicted octanol–water partition coefficient (Wildman–Crippen LogP) is 3.02. The highest BCUT2D eigenvalue weighted by atomic mass is 16.5. The number of carbonyl (C=O) groups excluding carboxylic acids is 1. The molecule has 19 heavy (non-hydrogen) atoms. The molecule has 0 aliphatic heterocycles. The molecule has 3 unspecified atom stereocenters. The lowest BCUT2D eigenvalue weighted by molar-refractivity contribution is -0.147. The maximum atomic E-state index is 11.4. The number of carbonyl (C=O) groups is 2. The standard InChI is InChI=1S/C15H24O4/c1-3-4-5-6-13-8-7-12(10-19-11(2)16)9-14(13)15(17)18/h3,12-14H,1,4-10H2,2H3,(H,17,18). The molecule has 1 aliphatic rings. The van der Waals surface area contributed by atoms with E-state index in [-0.39, 0.29) is 23.7 Å². The normalized spacial score (nSPS) is 26.7. The van der Waals surface area contributed by atoms with Crippen LogP contribution >= 0.6 is 0 Å². The number of aliphatic carboxylic acids is 1. The molecule has 0 aromatic carbocycles. The van der Waals surface area contributed by atoms with Crippen LogP contribution in [0.1, 0.15) is 45.4 Å². The minimum absolute atomic E-state index is 0.195. The Morgan fingerprint density at radius 3 is 2.74 bits per heavy atom. The molecule has 0 heterocycles. The van der Waals surface area contributed by atoms with Crippen LogP contribution in [0.2, 0.25) is 0 Å². The Bertz CT molecular complexity index is 324. The lowest BCUT2D eigenvalue weighted by Crippen LogP contribution is -2.32. The number of hydrogen-bond donors (Lipinski definition) is 1. The van der Waals surface area contributed by atoms with E-state index in [0.29, 0.717) is 13.0 Å². The molecule has 3 atom stereocenters. The summed E-state index contributed by atoms with van der Waals surface area (Å²) >= 11 is 0. The molecule has 1 rings (SSSR count). The molecule has 0 bridgehead atoms. The second kappa shape index (κ2) is 7.97. The average Bonchev–Trinajstić information content (AvgIpc) is 2.37. The van der Waals surface area contributed by atoms with E-state index in [1.807, 2.05) is 6.08 Å². The van der Waals surface area contributed by atoms with Gasteiger partial charge < -0.3 is 9.84 Å². The van der Waals surface area contributed by atoms with Crippen molar-refractivity contribution >= 4 is 11.9 Å². The monoisotopic (exact) mass is 268 g/mol. The molecule has 4 nitrogen and oxygen atoms in total. The van der Waals surface area contributed by atoms with Gasteiger partial charge in [-0.2, -0.15) is 0 Å². The van der Waals surface area contributed by atoms with Crippen LogP contribution < -0.4 is 0 Å². The van der Waals surface area contributed by atoms with Gasteiger partial charge in [-0.3, -0.25) is 9.59 Å². The molecule has 1 saturated carbocycles. The van der Waals surface area contributed by atoms with Crippen LogP contribution in [0.25, 0.3) is 0 Å². The molecular formula is C15H24O4. The van der Waals surface area contributed by atoms with Gasteiger partial charge in [0, 0.05) is 6.92 Å². The topological polar surface area (TPSA) is 63.6 Å². The third-order valence-electron chi connectivity index (χ3n) is 3.92. The van der Waals surface area contributed by atoms with Gasteiger partial charge in [0.25, 0.3) is 0 Å². The highest BCUT2D eigenvalue weighted by Crippen LogP contribution is 2.37. The maximum Gasteiger partial charge on any atom is 0.306 e. The van der Waals surface area contributed by atoms with Crippen molar-refractivity contribution in [3.8, 4) is 0 Å². The molecule has 0 aromatic heterocycles. The second-order valence-corrected chi connectivity index (χ2v) is 5.41. The molecule has 1 N–H and O–H groups in total. The van der Waals surface area contributed by atoms with Crippen molar-refractivity contribution in [1.29, 1.82) is 0 Å². The number of rotatable bonds is 7. The van der Waals surface area contributed by atoms with Gasteiger partial charge in [-0.25, -0.2) is 0 Å². The molecule has 0 spiro atoms. The van der Waals surface area contributed by atoms with Gasteiger partial charge in [0.15, 0.2) is 0 Å². The first-order valence-electron chi connectivity index (χ1n) is 7.01. The van der Waals surface area contributed by atoms with E-state index in [1.165, 1.54) is 6.92 Å². The summed E-state index contributed by atoms with van der Waals surface area (Å²) in [5.41, 5.74) is 0. The van der Waals surface area contributed by atoms with Gasteiger partial charge in [-0.15, -0.1) is 6.58 Å². The third kappa shape index (κ3) is 5.45. The summed E-state index contributed by atoms with van der Waals surface area (Å²) in [6.45, 7) is 5.43. The minimum atomic E-state index is -0.712. The second-order valence-electron chi connectivity index (χ2n) is 5.41. The van der Waals surface area contributed by atoms with Gasteiger partial charge in [0.05, 0.1) is 12.5 Å². The van der Waals surface area contributed by atoms with Gasteiger partial charge in [0.1, 0.15) is 0 Å². The van der Waals surface area contributed by atoms with E-state index in [4.69, 9.17) is 4.74 Å².